The number of rotatable bonds is 5. The molecular formula is C18H24FN3O3S. The van der Waals surface area contributed by atoms with Gasteiger partial charge in [-0.15, -0.1) is 0 Å². The van der Waals surface area contributed by atoms with E-state index in [2.05, 4.69) is 4.98 Å². The molecule has 1 aromatic heterocycles. The molecule has 1 aliphatic rings. The normalized spacial score (nSPS) is 17.6. The summed E-state index contributed by atoms with van der Waals surface area (Å²) in [6.07, 6.45) is 4.81. The first-order valence-corrected chi connectivity index (χ1v) is 10.8. The third-order valence-electron chi connectivity index (χ3n) is 5.04. The number of sulfone groups is 1. The lowest BCUT2D eigenvalue weighted by Gasteiger charge is -2.33. The number of amides is 1. The Morgan fingerprint density at radius 1 is 1.38 bits per heavy atom. The quantitative estimate of drug-likeness (QED) is 0.825. The van der Waals surface area contributed by atoms with Gasteiger partial charge >= 0.3 is 0 Å². The molecule has 1 saturated heterocycles. The van der Waals surface area contributed by atoms with Crippen LogP contribution in [0.4, 0.5) is 4.39 Å². The van der Waals surface area contributed by atoms with Crippen molar-refractivity contribution in [2.75, 3.05) is 25.1 Å². The average molecular weight is 381 g/mol. The van der Waals surface area contributed by atoms with Crippen molar-refractivity contribution in [1.82, 2.24) is 9.88 Å². The minimum atomic E-state index is -3.13. The molecule has 1 amide bonds. The molecule has 3 N–H and O–H groups in total. The van der Waals surface area contributed by atoms with Crippen LogP contribution in [-0.2, 0) is 14.6 Å². The zero-order valence-electron chi connectivity index (χ0n) is 14.7. The van der Waals surface area contributed by atoms with Crippen molar-refractivity contribution in [3.05, 3.63) is 35.8 Å². The zero-order valence-corrected chi connectivity index (χ0v) is 15.6. The largest absolute Gasteiger partial charge is 0.361 e. The van der Waals surface area contributed by atoms with Crippen molar-refractivity contribution in [2.45, 2.75) is 31.2 Å². The number of halogens is 1. The van der Waals surface area contributed by atoms with Crippen molar-refractivity contribution in [1.29, 1.82) is 0 Å². The van der Waals surface area contributed by atoms with Gasteiger partial charge in [0.25, 0.3) is 0 Å². The Balaban J connectivity index is 1.60. The summed E-state index contributed by atoms with van der Waals surface area (Å²) in [6, 6.07) is 3.95. The summed E-state index contributed by atoms with van der Waals surface area (Å²) in [5, 5.41) is 1.01. The maximum atomic E-state index is 13.3. The number of aromatic amines is 1. The van der Waals surface area contributed by atoms with Crippen molar-refractivity contribution in [3.63, 3.8) is 0 Å². The second-order valence-electron chi connectivity index (χ2n) is 7.06. The average Bonchev–Trinajstić information content (AvgIpc) is 3.01. The van der Waals surface area contributed by atoms with Crippen molar-refractivity contribution in [2.24, 2.45) is 5.73 Å². The van der Waals surface area contributed by atoms with Crippen LogP contribution in [0.3, 0.4) is 0 Å². The molecule has 142 valence electrons. The second-order valence-corrected chi connectivity index (χ2v) is 9.32. The third-order valence-corrected chi connectivity index (χ3v) is 6.02. The number of fused-ring (bicyclic) bond motifs is 1. The van der Waals surface area contributed by atoms with Crippen LogP contribution in [-0.4, -0.2) is 55.3 Å². The van der Waals surface area contributed by atoms with Gasteiger partial charge < -0.3 is 15.6 Å². The molecule has 0 saturated carbocycles. The number of nitrogens with zero attached hydrogens (tertiary/aromatic N) is 1. The molecule has 6 nitrogen and oxygen atoms in total. The third kappa shape index (κ3) is 4.24. The van der Waals surface area contributed by atoms with Crippen molar-refractivity contribution >= 4 is 26.6 Å². The first kappa shape index (κ1) is 18.8. The van der Waals surface area contributed by atoms with E-state index in [1.54, 1.807) is 11.0 Å². The van der Waals surface area contributed by atoms with Crippen LogP contribution in [0.5, 0.6) is 0 Å². The monoisotopic (exact) mass is 381 g/mol. The van der Waals surface area contributed by atoms with E-state index in [1.165, 1.54) is 12.1 Å². The number of benzene rings is 1. The highest BCUT2D eigenvalue weighted by atomic mass is 32.2. The van der Waals surface area contributed by atoms with Crippen molar-refractivity contribution in [3.8, 4) is 0 Å². The molecule has 26 heavy (non-hydrogen) atoms. The minimum Gasteiger partial charge on any atom is -0.361 e. The summed E-state index contributed by atoms with van der Waals surface area (Å²) < 4.78 is 35.8. The van der Waals surface area contributed by atoms with Crippen LogP contribution >= 0.6 is 0 Å². The molecule has 0 spiro atoms. The van der Waals surface area contributed by atoms with E-state index in [-0.39, 0.29) is 23.9 Å². The number of nitrogens with two attached hydrogens (primary N) is 1. The molecule has 1 unspecified atom stereocenters. The standard InChI is InChI=1S/C18H24FN3O3S/c1-26(24,25)9-6-16(20)18(23)22-7-4-12(5-8-22)15-11-21-17-10-13(19)2-3-14(15)17/h2-3,10-12,16,21H,4-9,20H2,1H3. The highest BCUT2D eigenvalue weighted by Crippen LogP contribution is 2.33. The maximum Gasteiger partial charge on any atom is 0.239 e. The smallest absolute Gasteiger partial charge is 0.239 e. The van der Waals surface area contributed by atoms with Crippen LogP contribution in [0.1, 0.15) is 30.7 Å². The number of H-pyrrole nitrogens is 1. The number of nitrogens with one attached hydrogen (secondary N) is 1. The summed E-state index contributed by atoms with van der Waals surface area (Å²) in [5.74, 6) is -0.240. The molecule has 1 aliphatic heterocycles. The van der Waals surface area contributed by atoms with Gasteiger partial charge in [-0.1, -0.05) is 0 Å². The first-order valence-electron chi connectivity index (χ1n) is 8.73. The Morgan fingerprint density at radius 2 is 2.08 bits per heavy atom. The van der Waals surface area contributed by atoms with Crippen LogP contribution < -0.4 is 5.73 Å². The molecule has 1 fully saturated rings. The summed E-state index contributed by atoms with van der Waals surface area (Å²) in [4.78, 5) is 17.2. The molecule has 0 bridgehead atoms. The molecule has 2 aromatic rings. The lowest BCUT2D eigenvalue weighted by atomic mass is 9.89. The van der Waals surface area contributed by atoms with Gasteiger partial charge in [-0.25, -0.2) is 12.8 Å². The fourth-order valence-corrected chi connectivity index (χ4v) is 4.25. The summed E-state index contributed by atoms with van der Waals surface area (Å²) >= 11 is 0. The highest BCUT2D eigenvalue weighted by molar-refractivity contribution is 7.90. The van der Waals surface area contributed by atoms with Crippen LogP contribution in [0, 0.1) is 5.82 Å². The predicted molar refractivity (Wildman–Crippen MR) is 99.1 cm³/mol. The van der Waals surface area contributed by atoms with Gasteiger partial charge in [-0.05, 0) is 48.9 Å². The SMILES string of the molecule is CS(=O)(=O)CCC(N)C(=O)N1CCC(c2c[nH]c3cc(F)ccc23)CC1. The number of likely N-dealkylation sites (tertiary alicyclic amines) is 1. The molecular weight excluding hydrogens is 357 g/mol. The maximum absolute atomic E-state index is 13.3. The van der Waals surface area contributed by atoms with Crippen LogP contribution in [0.2, 0.25) is 0 Å². The number of carbonyl (C=O) groups excluding carboxylic acids is 1. The lowest BCUT2D eigenvalue weighted by Crippen LogP contribution is -2.47. The number of hydrogen-bond donors (Lipinski definition) is 2. The van der Waals surface area contributed by atoms with E-state index in [1.807, 2.05) is 6.20 Å². The van der Waals surface area contributed by atoms with E-state index < -0.39 is 15.9 Å². The highest BCUT2D eigenvalue weighted by Gasteiger charge is 2.28. The number of carbonyl (C=O) groups is 1. The van der Waals surface area contributed by atoms with Crippen molar-refractivity contribution < 1.29 is 17.6 Å². The predicted octanol–water partition coefficient (Wildman–Crippen LogP) is 1.78. The number of piperidine rings is 1. The van der Waals surface area contributed by atoms with Gasteiger partial charge in [0.15, 0.2) is 0 Å². The van der Waals surface area contributed by atoms with Gasteiger partial charge in [0.2, 0.25) is 5.91 Å². The van der Waals surface area contributed by atoms with Gasteiger partial charge in [0, 0.05) is 36.4 Å². The summed E-state index contributed by atoms with van der Waals surface area (Å²) in [7, 11) is -3.13. The van der Waals surface area contributed by atoms with Gasteiger partial charge in [-0.2, -0.15) is 0 Å². The van der Waals surface area contributed by atoms with E-state index in [0.29, 0.717) is 19.0 Å². The van der Waals surface area contributed by atoms with E-state index in [4.69, 9.17) is 5.73 Å². The fourth-order valence-electron chi connectivity index (χ4n) is 3.57. The van der Waals surface area contributed by atoms with E-state index in [0.717, 1.165) is 35.6 Å². The number of hydrogen-bond acceptors (Lipinski definition) is 4. The molecule has 0 radical (unpaired) electrons. The topological polar surface area (TPSA) is 96.3 Å². The Kier molecular flexibility index (Phi) is 5.34. The van der Waals surface area contributed by atoms with E-state index >= 15 is 0 Å². The molecule has 8 heteroatoms. The Hall–Kier alpha value is -1.93. The minimum absolute atomic E-state index is 0.0811. The molecule has 2 heterocycles. The van der Waals surface area contributed by atoms with Gasteiger partial charge in [0.05, 0.1) is 11.8 Å². The summed E-state index contributed by atoms with van der Waals surface area (Å²) in [6.45, 7) is 1.17. The first-order chi connectivity index (χ1) is 12.2. The van der Waals surface area contributed by atoms with Gasteiger partial charge in [0.1, 0.15) is 15.7 Å². The number of aromatic nitrogens is 1. The lowest BCUT2D eigenvalue weighted by molar-refractivity contribution is -0.133. The van der Waals surface area contributed by atoms with Crippen LogP contribution in [0.25, 0.3) is 10.9 Å². The Morgan fingerprint density at radius 3 is 2.73 bits per heavy atom. The van der Waals surface area contributed by atoms with E-state index in [9.17, 15) is 17.6 Å². The Bertz CT molecular complexity index is 902. The van der Waals surface area contributed by atoms with Crippen LogP contribution in [0.15, 0.2) is 24.4 Å². The molecule has 0 aliphatic carbocycles. The Labute approximate surface area is 152 Å². The zero-order chi connectivity index (χ0) is 18.9. The fraction of sp³-hybridized carbons (Fsp3) is 0.500. The molecule has 1 atom stereocenters. The molecule has 3 rings (SSSR count). The van der Waals surface area contributed by atoms with Gasteiger partial charge in [-0.3, -0.25) is 4.79 Å². The molecule has 1 aromatic carbocycles. The second kappa shape index (κ2) is 7.36. The summed E-state index contributed by atoms with van der Waals surface area (Å²) in [5.41, 5.74) is 7.80.